The first kappa shape index (κ1) is 11.3. The molecule has 16 heavy (non-hydrogen) atoms. The van der Waals surface area contributed by atoms with E-state index in [1.807, 2.05) is 6.92 Å². The van der Waals surface area contributed by atoms with Crippen molar-refractivity contribution in [3.8, 4) is 10.6 Å². The number of nitrogens with zero attached hydrogens (tertiary/aromatic N) is 1. The molecular formula is C13H16N2S. The van der Waals surface area contributed by atoms with Crippen molar-refractivity contribution in [2.75, 3.05) is 0 Å². The van der Waals surface area contributed by atoms with Crippen LogP contribution in [-0.2, 0) is 6.42 Å². The summed E-state index contributed by atoms with van der Waals surface area (Å²) >= 11 is 1.69. The highest BCUT2D eigenvalue weighted by atomic mass is 32.1. The van der Waals surface area contributed by atoms with E-state index >= 15 is 0 Å². The monoisotopic (exact) mass is 232 g/mol. The van der Waals surface area contributed by atoms with Crippen molar-refractivity contribution in [1.29, 1.82) is 0 Å². The number of benzene rings is 1. The lowest BCUT2D eigenvalue weighted by Gasteiger charge is -2.00. The zero-order valence-electron chi connectivity index (χ0n) is 9.60. The van der Waals surface area contributed by atoms with Crippen LogP contribution in [0.3, 0.4) is 0 Å². The number of hydrogen-bond donors (Lipinski definition) is 1. The third kappa shape index (κ3) is 2.68. The van der Waals surface area contributed by atoms with Crippen molar-refractivity contribution in [2.24, 2.45) is 5.73 Å². The molecule has 0 radical (unpaired) electrons. The molecule has 0 aliphatic rings. The summed E-state index contributed by atoms with van der Waals surface area (Å²) in [4.78, 5) is 4.60. The van der Waals surface area contributed by atoms with Crippen molar-refractivity contribution in [1.82, 2.24) is 4.98 Å². The molecule has 0 spiro atoms. The van der Waals surface area contributed by atoms with E-state index in [1.165, 1.54) is 11.1 Å². The summed E-state index contributed by atoms with van der Waals surface area (Å²) in [7, 11) is 0. The molecule has 1 atom stereocenters. The van der Waals surface area contributed by atoms with Gasteiger partial charge in [-0.3, -0.25) is 0 Å². The Kier molecular flexibility index (Phi) is 3.36. The smallest absolute Gasteiger partial charge is 0.123 e. The summed E-state index contributed by atoms with van der Waals surface area (Å²) in [5.41, 5.74) is 9.32. The lowest BCUT2D eigenvalue weighted by Crippen LogP contribution is -2.17. The Morgan fingerprint density at radius 3 is 2.94 bits per heavy atom. The highest BCUT2D eigenvalue weighted by Crippen LogP contribution is 2.24. The first-order chi connectivity index (χ1) is 7.65. The maximum absolute atomic E-state index is 5.76. The van der Waals surface area contributed by atoms with Gasteiger partial charge in [-0.25, -0.2) is 4.98 Å². The number of nitrogens with two attached hydrogens (primary N) is 1. The van der Waals surface area contributed by atoms with Crippen LogP contribution in [0.4, 0.5) is 0 Å². The van der Waals surface area contributed by atoms with Crippen molar-refractivity contribution in [3.05, 3.63) is 40.9 Å². The molecule has 1 aromatic heterocycles. The second-order valence-electron chi connectivity index (χ2n) is 4.19. The van der Waals surface area contributed by atoms with Gasteiger partial charge in [0.05, 0.1) is 5.69 Å². The molecule has 84 valence electrons. The molecular weight excluding hydrogens is 216 g/mol. The number of hydrogen-bond acceptors (Lipinski definition) is 3. The first-order valence-corrected chi connectivity index (χ1v) is 6.30. The molecule has 1 aromatic carbocycles. The summed E-state index contributed by atoms with van der Waals surface area (Å²) < 4.78 is 0. The molecule has 0 fully saturated rings. The van der Waals surface area contributed by atoms with E-state index in [0.717, 1.165) is 17.1 Å². The molecule has 2 aromatic rings. The van der Waals surface area contributed by atoms with Crippen molar-refractivity contribution in [3.63, 3.8) is 0 Å². The van der Waals surface area contributed by atoms with Crippen LogP contribution in [0, 0.1) is 6.92 Å². The SMILES string of the molecule is Cc1cccc(-c2nc(CC(C)N)cs2)c1. The maximum Gasteiger partial charge on any atom is 0.123 e. The van der Waals surface area contributed by atoms with Crippen LogP contribution in [0.25, 0.3) is 10.6 Å². The molecule has 0 aliphatic heterocycles. The minimum Gasteiger partial charge on any atom is -0.328 e. The average molecular weight is 232 g/mol. The molecule has 2 rings (SSSR count). The Balaban J connectivity index is 2.24. The Labute approximate surface area is 100 Å². The summed E-state index contributed by atoms with van der Waals surface area (Å²) in [5.74, 6) is 0. The number of thiazole rings is 1. The molecule has 0 bridgehead atoms. The number of rotatable bonds is 3. The zero-order valence-corrected chi connectivity index (χ0v) is 10.4. The van der Waals surface area contributed by atoms with Crippen LogP contribution in [0.1, 0.15) is 18.2 Å². The summed E-state index contributed by atoms with van der Waals surface area (Å²) in [6.45, 7) is 4.10. The highest BCUT2D eigenvalue weighted by molar-refractivity contribution is 7.13. The molecule has 2 N–H and O–H groups in total. The Morgan fingerprint density at radius 2 is 2.25 bits per heavy atom. The fraction of sp³-hybridized carbons (Fsp3) is 0.308. The quantitative estimate of drug-likeness (QED) is 0.883. The van der Waals surface area contributed by atoms with E-state index in [-0.39, 0.29) is 6.04 Å². The predicted molar refractivity (Wildman–Crippen MR) is 69.6 cm³/mol. The summed E-state index contributed by atoms with van der Waals surface area (Å²) in [5, 5.41) is 3.18. The molecule has 1 unspecified atom stereocenters. The van der Waals surface area contributed by atoms with Crippen LogP contribution in [0.2, 0.25) is 0 Å². The zero-order chi connectivity index (χ0) is 11.5. The molecule has 1 heterocycles. The first-order valence-electron chi connectivity index (χ1n) is 5.42. The predicted octanol–water partition coefficient (Wildman–Crippen LogP) is 3.01. The molecule has 0 saturated heterocycles. The van der Waals surface area contributed by atoms with E-state index in [9.17, 15) is 0 Å². The van der Waals surface area contributed by atoms with E-state index in [0.29, 0.717) is 0 Å². The third-order valence-electron chi connectivity index (χ3n) is 2.35. The van der Waals surface area contributed by atoms with Gasteiger partial charge < -0.3 is 5.73 Å². The van der Waals surface area contributed by atoms with Crippen molar-refractivity contribution >= 4 is 11.3 Å². The Hall–Kier alpha value is -1.19. The van der Waals surface area contributed by atoms with Crippen molar-refractivity contribution < 1.29 is 0 Å². The van der Waals surface area contributed by atoms with Crippen LogP contribution < -0.4 is 5.73 Å². The summed E-state index contributed by atoms with van der Waals surface area (Å²) in [6, 6.07) is 8.60. The van der Waals surface area contributed by atoms with Crippen LogP contribution in [0.15, 0.2) is 29.6 Å². The molecule has 0 aliphatic carbocycles. The van der Waals surface area contributed by atoms with Gasteiger partial charge in [-0.2, -0.15) is 0 Å². The maximum atomic E-state index is 5.76. The number of aromatic nitrogens is 1. The van der Waals surface area contributed by atoms with Gasteiger partial charge in [-0.1, -0.05) is 23.8 Å². The lowest BCUT2D eigenvalue weighted by atomic mass is 10.1. The fourth-order valence-electron chi connectivity index (χ4n) is 1.64. The Bertz CT molecular complexity index is 474. The third-order valence-corrected chi connectivity index (χ3v) is 3.29. The van der Waals surface area contributed by atoms with Crippen LogP contribution >= 0.6 is 11.3 Å². The molecule has 0 saturated carbocycles. The van der Waals surface area contributed by atoms with Gasteiger partial charge in [0, 0.05) is 23.4 Å². The van der Waals surface area contributed by atoms with E-state index in [4.69, 9.17) is 5.73 Å². The van der Waals surface area contributed by atoms with Crippen molar-refractivity contribution in [2.45, 2.75) is 26.3 Å². The molecule has 0 amide bonds. The van der Waals surface area contributed by atoms with Gasteiger partial charge in [0.2, 0.25) is 0 Å². The van der Waals surface area contributed by atoms with Gasteiger partial charge in [-0.15, -0.1) is 11.3 Å². The standard InChI is InChI=1S/C13H16N2S/c1-9-4-3-5-11(6-9)13-15-12(8-16-13)7-10(2)14/h3-6,8,10H,7,14H2,1-2H3. The molecule has 2 nitrogen and oxygen atoms in total. The second kappa shape index (κ2) is 4.76. The van der Waals surface area contributed by atoms with E-state index < -0.39 is 0 Å². The minimum absolute atomic E-state index is 0.174. The minimum atomic E-state index is 0.174. The van der Waals surface area contributed by atoms with Gasteiger partial charge in [-0.05, 0) is 19.9 Å². The van der Waals surface area contributed by atoms with Gasteiger partial charge in [0.15, 0.2) is 0 Å². The number of aryl methyl sites for hydroxylation is 1. The molecule has 3 heteroatoms. The van der Waals surface area contributed by atoms with E-state index in [1.54, 1.807) is 11.3 Å². The van der Waals surface area contributed by atoms with Gasteiger partial charge in [0.1, 0.15) is 5.01 Å². The van der Waals surface area contributed by atoms with Gasteiger partial charge >= 0.3 is 0 Å². The van der Waals surface area contributed by atoms with Gasteiger partial charge in [0.25, 0.3) is 0 Å². The average Bonchev–Trinajstić information content (AvgIpc) is 2.65. The largest absolute Gasteiger partial charge is 0.328 e. The lowest BCUT2D eigenvalue weighted by molar-refractivity contribution is 0.726. The summed E-state index contributed by atoms with van der Waals surface area (Å²) in [6.07, 6.45) is 0.850. The highest BCUT2D eigenvalue weighted by Gasteiger charge is 2.06. The van der Waals surface area contributed by atoms with Crippen LogP contribution in [0.5, 0.6) is 0 Å². The Morgan fingerprint density at radius 1 is 1.44 bits per heavy atom. The fourth-order valence-corrected chi connectivity index (χ4v) is 2.47. The van der Waals surface area contributed by atoms with Crippen LogP contribution in [-0.4, -0.2) is 11.0 Å². The topological polar surface area (TPSA) is 38.9 Å². The normalized spacial score (nSPS) is 12.7. The second-order valence-corrected chi connectivity index (χ2v) is 5.05. The van der Waals surface area contributed by atoms with E-state index in [2.05, 4.69) is 41.6 Å².